The van der Waals surface area contributed by atoms with Crippen molar-refractivity contribution in [1.82, 2.24) is 5.32 Å². The second-order valence-electron chi connectivity index (χ2n) is 3.18. The zero-order valence-electron chi connectivity index (χ0n) is 8.06. The van der Waals surface area contributed by atoms with Crippen molar-refractivity contribution in [2.45, 2.75) is 32.1 Å². The van der Waals surface area contributed by atoms with E-state index in [9.17, 15) is 14.7 Å². The normalized spacial score (nSPS) is 30.1. The number of hydrogen-bond donors (Lipinski definition) is 2. The lowest BCUT2D eigenvalue weighted by molar-refractivity contribution is -0.146. The predicted molar refractivity (Wildman–Crippen MR) is 48.3 cm³/mol. The molecule has 78 valence electrons. The van der Waals surface area contributed by atoms with Crippen LogP contribution in [-0.2, 0) is 14.3 Å². The predicted octanol–water partition coefficient (Wildman–Crippen LogP) is -0.647. The van der Waals surface area contributed by atoms with E-state index in [1.165, 1.54) is 19.9 Å². The Hall–Kier alpha value is -1.36. The van der Waals surface area contributed by atoms with Crippen LogP contribution < -0.4 is 5.32 Å². The molecule has 0 fully saturated rings. The van der Waals surface area contributed by atoms with E-state index >= 15 is 0 Å². The second-order valence-corrected chi connectivity index (χ2v) is 3.18. The van der Waals surface area contributed by atoms with E-state index in [1.54, 1.807) is 6.08 Å². The number of carbonyl (C=O) groups excluding carboxylic acids is 2. The van der Waals surface area contributed by atoms with Crippen molar-refractivity contribution in [2.75, 3.05) is 0 Å². The van der Waals surface area contributed by atoms with Crippen molar-refractivity contribution >= 4 is 11.9 Å². The van der Waals surface area contributed by atoms with Crippen molar-refractivity contribution in [3.05, 3.63) is 12.2 Å². The largest absolute Gasteiger partial charge is 0.456 e. The molecule has 14 heavy (non-hydrogen) atoms. The third-order valence-corrected chi connectivity index (χ3v) is 1.89. The maximum Gasteiger partial charge on any atom is 0.303 e. The summed E-state index contributed by atoms with van der Waals surface area (Å²) in [7, 11) is 0. The molecular formula is C9H13NO4. The summed E-state index contributed by atoms with van der Waals surface area (Å²) >= 11 is 0. The van der Waals surface area contributed by atoms with Crippen LogP contribution in [0.25, 0.3) is 0 Å². The van der Waals surface area contributed by atoms with Crippen molar-refractivity contribution in [1.29, 1.82) is 0 Å². The van der Waals surface area contributed by atoms with Crippen molar-refractivity contribution in [3.63, 3.8) is 0 Å². The highest BCUT2D eigenvalue weighted by Crippen LogP contribution is 2.15. The van der Waals surface area contributed by atoms with Crippen LogP contribution in [0.5, 0.6) is 0 Å². The van der Waals surface area contributed by atoms with Gasteiger partial charge in [-0.1, -0.05) is 6.08 Å². The van der Waals surface area contributed by atoms with E-state index in [0.717, 1.165) is 0 Å². The zero-order chi connectivity index (χ0) is 10.7. The molecule has 2 N–H and O–H groups in total. The Morgan fingerprint density at radius 3 is 2.50 bits per heavy atom. The molecule has 1 amide bonds. The molecule has 0 aromatic heterocycles. The van der Waals surface area contributed by atoms with Gasteiger partial charge >= 0.3 is 5.97 Å². The van der Waals surface area contributed by atoms with Gasteiger partial charge in [-0.2, -0.15) is 0 Å². The molecule has 0 aromatic carbocycles. The number of ether oxygens (including phenoxy) is 1. The van der Waals surface area contributed by atoms with Gasteiger partial charge in [0.2, 0.25) is 5.91 Å². The highest BCUT2D eigenvalue weighted by molar-refractivity contribution is 5.73. The van der Waals surface area contributed by atoms with Crippen LogP contribution in [0.1, 0.15) is 13.8 Å². The minimum absolute atomic E-state index is 0.269. The fourth-order valence-electron chi connectivity index (χ4n) is 1.36. The summed E-state index contributed by atoms with van der Waals surface area (Å²) in [5, 5.41) is 11.9. The van der Waals surface area contributed by atoms with Crippen LogP contribution in [0.2, 0.25) is 0 Å². The summed E-state index contributed by atoms with van der Waals surface area (Å²) in [5.74, 6) is -0.709. The number of aliphatic hydroxyl groups is 1. The maximum atomic E-state index is 10.8. The molecule has 3 unspecified atom stereocenters. The molecular weight excluding hydrogens is 186 g/mol. The number of amides is 1. The number of aliphatic hydroxyl groups excluding tert-OH is 1. The minimum Gasteiger partial charge on any atom is -0.456 e. The van der Waals surface area contributed by atoms with Crippen molar-refractivity contribution in [3.8, 4) is 0 Å². The number of nitrogens with one attached hydrogen (secondary N) is 1. The lowest BCUT2D eigenvalue weighted by Crippen LogP contribution is -2.47. The van der Waals surface area contributed by atoms with Gasteiger partial charge in [-0.15, -0.1) is 0 Å². The molecule has 5 heteroatoms. The van der Waals surface area contributed by atoms with Crippen LogP contribution in [-0.4, -0.2) is 35.2 Å². The van der Waals surface area contributed by atoms with E-state index in [2.05, 4.69) is 5.32 Å². The molecule has 0 radical (unpaired) electrons. The van der Waals surface area contributed by atoms with Gasteiger partial charge in [0.05, 0.1) is 12.1 Å². The monoisotopic (exact) mass is 199 g/mol. The molecule has 0 aromatic rings. The van der Waals surface area contributed by atoms with E-state index < -0.39 is 24.2 Å². The van der Waals surface area contributed by atoms with Crippen LogP contribution in [0.15, 0.2) is 12.2 Å². The third kappa shape index (κ3) is 2.56. The summed E-state index contributed by atoms with van der Waals surface area (Å²) in [4.78, 5) is 21.5. The summed E-state index contributed by atoms with van der Waals surface area (Å²) in [6, 6.07) is -0.573. The Labute approximate surface area is 81.7 Å². The first-order chi connectivity index (χ1) is 6.50. The van der Waals surface area contributed by atoms with Gasteiger partial charge in [-0.05, 0) is 6.08 Å². The molecule has 0 spiro atoms. The van der Waals surface area contributed by atoms with Gasteiger partial charge in [0.15, 0.2) is 0 Å². The Balaban J connectivity index is 2.60. The second kappa shape index (κ2) is 4.23. The molecule has 1 aliphatic rings. The van der Waals surface area contributed by atoms with E-state index in [0.29, 0.717) is 0 Å². The van der Waals surface area contributed by atoms with Gasteiger partial charge in [0, 0.05) is 13.8 Å². The molecule has 0 saturated carbocycles. The van der Waals surface area contributed by atoms with Gasteiger partial charge in [-0.25, -0.2) is 0 Å². The number of hydrogen-bond acceptors (Lipinski definition) is 4. The molecule has 0 saturated heterocycles. The highest BCUT2D eigenvalue weighted by atomic mass is 16.5. The van der Waals surface area contributed by atoms with Gasteiger partial charge in [0.25, 0.3) is 0 Å². The van der Waals surface area contributed by atoms with Crippen LogP contribution >= 0.6 is 0 Å². The standard InChI is InChI=1S/C9H13NO4/c1-5(11)10-9-7(13)3-4-8(9)14-6(2)12/h3-4,7-9,13H,1-2H3,(H,10,11). The van der Waals surface area contributed by atoms with E-state index in [4.69, 9.17) is 4.74 Å². The quantitative estimate of drug-likeness (QED) is 0.458. The smallest absolute Gasteiger partial charge is 0.303 e. The Bertz CT molecular complexity index is 274. The number of rotatable bonds is 2. The first kappa shape index (κ1) is 10.7. The fraction of sp³-hybridized carbons (Fsp3) is 0.556. The first-order valence-electron chi connectivity index (χ1n) is 4.31. The topological polar surface area (TPSA) is 75.6 Å². The molecule has 0 heterocycles. The number of esters is 1. The molecule has 3 atom stereocenters. The lowest BCUT2D eigenvalue weighted by atomic mass is 10.1. The minimum atomic E-state index is -0.803. The Morgan fingerprint density at radius 1 is 1.36 bits per heavy atom. The van der Waals surface area contributed by atoms with Gasteiger partial charge in [0.1, 0.15) is 6.10 Å². The molecule has 0 bridgehead atoms. The molecule has 5 nitrogen and oxygen atoms in total. The van der Waals surface area contributed by atoms with Crippen molar-refractivity contribution < 1.29 is 19.4 Å². The van der Waals surface area contributed by atoms with Gasteiger partial charge in [-0.3, -0.25) is 9.59 Å². The Kier molecular flexibility index (Phi) is 3.24. The molecule has 1 rings (SSSR count). The van der Waals surface area contributed by atoms with Crippen LogP contribution in [0, 0.1) is 0 Å². The summed E-state index contributed by atoms with van der Waals surface area (Å²) < 4.78 is 4.89. The number of carbonyl (C=O) groups is 2. The summed E-state index contributed by atoms with van der Waals surface area (Å²) in [6.45, 7) is 2.62. The van der Waals surface area contributed by atoms with Crippen LogP contribution in [0.4, 0.5) is 0 Å². The molecule has 0 aliphatic heterocycles. The van der Waals surface area contributed by atoms with E-state index in [-0.39, 0.29) is 5.91 Å². The van der Waals surface area contributed by atoms with E-state index in [1.807, 2.05) is 0 Å². The Morgan fingerprint density at radius 2 is 2.00 bits per heavy atom. The van der Waals surface area contributed by atoms with Crippen molar-refractivity contribution in [2.24, 2.45) is 0 Å². The average molecular weight is 199 g/mol. The summed E-state index contributed by atoms with van der Waals surface area (Å²) in [6.07, 6.45) is 1.68. The SMILES string of the molecule is CC(=O)NC1C(O)C=CC1OC(C)=O. The third-order valence-electron chi connectivity index (χ3n) is 1.89. The molecule has 1 aliphatic carbocycles. The average Bonchev–Trinajstić information content (AvgIpc) is 2.34. The highest BCUT2D eigenvalue weighted by Gasteiger charge is 2.33. The first-order valence-corrected chi connectivity index (χ1v) is 4.31. The van der Waals surface area contributed by atoms with Gasteiger partial charge < -0.3 is 15.2 Å². The van der Waals surface area contributed by atoms with Crippen LogP contribution in [0.3, 0.4) is 0 Å². The lowest BCUT2D eigenvalue weighted by Gasteiger charge is -2.22. The maximum absolute atomic E-state index is 10.8. The fourth-order valence-corrected chi connectivity index (χ4v) is 1.36. The summed E-state index contributed by atoms with van der Waals surface area (Å²) in [5.41, 5.74) is 0. The zero-order valence-corrected chi connectivity index (χ0v) is 8.06.